The van der Waals surface area contributed by atoms with E-state index in [2.05, 4.69) is 26.5 Å². The predicted octanol–water partition coefficient (Wildman–Crippen LogP) is 4.54. The van der Waals surface area contributed by atoms with E-state index in [0.29, 0.717) is 30.3 Å². The minimum absolute atomic E-state index is 0.0789. The number of para-hydroxylation sites is 2. The van der Waals surface area contributed by atoms with Gasteiger partial charge in [-0.05, 0) is 24.3 Å². The molecule has 0 spiro atoms. The Morgan fingerprint density at radius 2 is 1.89 bits per heavy atom. The first-order chi connectivity index (χ1) is 13.3. The Balaban J connectivity index is 1.27. The second-order valence-corrected chi connectivity index (χ2v) is 8.01. The summed E-state index contributed by atoms with van der Waals surface area (Å²) in [5.41, 5.74) is 1.78. The molecule has 0 fully saturated rings. The molecule has 2 heterocycles. The average Bonchev–Trinajstić information content (AvgIpc) is 3.32. The van der Waals surface area contributed by atoms with Gasteiger partial charge in [-0.3, -0.25) is 4.79 Å². The van der Waals surface area contributed by atoms with Crippen LogP contribution in [0.25, 0.3) is 10.2 Å². The van der Waals surface area contributed by atoms with Crippen LogP contribution in [0, 0.1) is 0 Å². The molecule has 0 aliphatic carbocycles. The second kappa shape index (κ2) is 8.32. The van der Waals surface area contributed by atoms with Crippen LogP contribution in [0.4, 0.5) is 5.69 Å². The maximum absolute atomic E-state index is 12.0. The van der Waals surface area contributed by atoms with Gasteiger partial charge in [0.25, 0.3) is 0 Å². The van der Waals surface area contributed by atoms with E-state index in [1.165, 1.54) is 4.70 Å². The second-order valence-electron chi connectivity index (χ2n) is 5.75. The Hall–Kier alpha value is -2.71. The van der Waals surface area contributed by atoms with E-state index in [1.807, 2.05) is 48.5 Å². The molecule has 2 aromatic heterocycles. The highest BCUT2D eigenvalue weighted by atomic mass is 32.2. The average molecular weight is 396 g/mol. The van der Waals surface area contributed by atoms with E-state index in [-0.39, 0.29) is 5.91 Å². The highest BCUT2D eigenvalue weighted by Crippen LogP contribution is 2.30. The van der Waals surface area contributed by atoms with Crippen LogP contribution in [0.3, 0.4) is 0 Å². The summed E-state index contributed by atoms with van der Waals surface area (Å²) < 4.78 is 7.38. The van der Waals surface area contributed by atoms with E-state index in [4.69, 9.17) is 4.52 Å². The number of anilines is 1. The van der Waals surface area contributed by atoms with Crippen molar-refractivity contribution in [3.63, 3.8) is 0 Å². The summed E-state index contributed by atoms with van der Waals surface area (Å²) in [4.78, 5) is 20.9. The maximum Gasteiger partial charge on any atom is 0.227 e. The lowest BCUT2D eigenvalue weighted by molar-refractivity contribution is -0.116. The molecule has 0 unspecified atom stereocenters. The summed E-state index contributed by atoms with van der Waals surface area (Å²) >= 11 is 3.23. The quantitative estimate of drug-likeness (QED) is 0.462. The number of benzene rings is 2. The number of carbonyl (C=O) groups is 1. The Morgan fingerprint density at radius 1 is 1.07 bits per heavy atom. The molecule has 6 nitrogen and oxygen atoms in total. The Morgan fingerprint density at radius 3 is 2.74 bits per heavy atom. The fourth-order valence-electron chi connectivity index (χ4n) is 2.45. The molecule has 0 saturated carbocycles. The number of nitrogens with one attached hydrogen (secondary N) is 1. The summed E-state index contributed by atoms with van der Waals surface area (Å²) in [6.45, 7) is 0. The maximum atomic E-state index is 12.0. The number of aromatic nitrogens is 3. The third-order valence-electron chi connectivity index (χ3n) is 3.73. The van der Waals surface area contributed by atoms with Crippen molar-refractivity contribution in [2.75, 3.05) is 5.32 Å². The molecule has 4 aromatic rings. The molecule has 0 bridgehead atoms. The van der Waals surface area contributed by atoms with Crippen LogP contribution in [0.1, 0.15) is 18.1 Å². The highest BCUT2D eigenvalue weighted by Gasteiger charge is 2.11. The minimum Gasteiger partial charge on any atom is -0.339 e. The molecule has 0 saturated heterocycles. The number of hydrogen-bond acceptors (Lipinski definition) is 7. The number of aryl methyl sites for hydroxylation is 1. The minimum atomic E-state index is -0.0789. The van der Waals surface area contributed by atoms with Gasteiger partial charge in [-0.2, -0.15) is 4.98 Å². The first kappa shape index (κ1) is 17.7. The lowest BCUT2D eigenvalue weighted by Gasteiger charge is -2.02. The predicted molar refractivity (Wildman–Crippen MR) is 107 cm³/mol. The zero-order valence-electron chi connectivity index (χ0n) is 14.3. The standard InChI is InChI=1S/C19H16N4O2S2/c24-17(20-13-6-2-1-3-7-13)10-11-18-22-16(23-25-18)12-26-19-21-14-8-4-5-9-15(14)27-19/h1-9H,10-12H2,(H,20,24). The number of amides is 1. The van der Waals surface area contributed by atoms with Gasteiger partial charge in [0, 0.05) is 18.5 Å². The van der Waals surface area contributed by atoms with Crippen LogP contribution in [0.2, 0.25) is 0 Å². The molecular weight excluding hydrogens is 380 g/mol. The molecule has 136 valence electrons. The van der Waals surface area contributed by atoms with E-state index in [1.54, 1.807) is 23.1 Å². The van der Waals surface area contributed by atoms with Gasteiger partial charge in [0.05, 0.1) is 16.0 Å². The van der Waals surface area contributed by atoms with Gasteiger partial charge in [0.15, 0.2) is 10.2 Å². The molecule has 0 aliphatic rings. The molecule has 4 rings (SSSR count). The number of thiazole rings is 1. The van der Waals surface area contributed by atoms with Crippen molar-refractivity contribution in [1.82, 2.24) is 15.1 Å². The van der Waals surface area contributed by atoms with Gasteiger partial charge >= 0.3 is 0 Å². The van der Waals surface area contributed by atoms with Crippen LogP contribution in [0.5, 0.6) is 0 Å². The van der Waals surface area contributed by atoms with E-state index < -0.39 is 0 Å². The first-order valence-electron chi connectivity index (χ1n) is 8.41. The largest absolute Gasteiger partial charge is 0.339 e. The van der Waals surface area contributed by atoms with Crippen molar-refractivity contribution in [3.8, 4) is 0 Å². The monoisotopic (exact) mass is 396 g/mol. The van der Waals surface area contributed by atoms with Gasteiger partial charge in [-0.25, -0.2) is 4.98 Å². The third-order valence-corrected chi connectivity index (χ3v) is 5.91. The van der Waals surface area contributed by atoms with Crippen molar-refractivity contribution in [1.29, 1.82) is 0 Å². The van der Waals surface area contributed by atoms with Gasteiger partial charge in [-0.15, -0.1) is 11.3 Å². The molecule has 1 amide bonds. The SMILES string of the molecule is O=C(CCc1nc(CSc2nc3ccccc3s2)no1)Nc1ccccc1. The number of fused-ring (bicyclic) bond motifs is 1. The molecule has 27 heavy (non-hydrogen) atoms. The highest BCUT2D eigenvalue weighted by molar-refractivity contribution is 8.00. The lowest BCUT2D eigenvalue weighted by Crippen LogP contribution is -2.12. The van der Waals surface area contributed by atoms with Crippen molar-refractivity contribution < 1.29 is 9.32 Å². The summed E-state index contributed by atoms with van der Waals surface area (Å²) in [7, 11) is 0. The van der Waals surface area contributed by atoms with E-state index >= 15 is 0 Å². The van der Waals surface area contributed by atoms with Gasteiger partial charge in [0.1, 0.15) is 0 Å². The van der Waals surface area contributed by atoms with Gasteiger partial charge < -0.3 is 9.84 Å². The topological polar surface area (TPSA) is 80.9 Å². The number of thioether (sulfide) groups is 1. The van der Waals surface area contributed by atoms with Crippen molar-refractivity contribution >= 4 is 44.9 Å². The van der Waals surface area contributed by atoms with Crippen molar-refractivity contribution in [2.45, 2.75) is 22.9 Å². The fraction of sp³-hybridized carbons (Fsp3) is 0.158. The number of carbonyl (C=O) groups excluding carboxylic acids is 1. The van der Waals surface area contributed by atoms with Crippen LogP contribution in [0.15, 0.2) is 63.5 Å². The Labute approximate surface area is 164 Å². The fourth-order valence-corrected chi connectivity index (χ4v) is 4.37. The van der Waals surface area contributed by atoms with Crippen LogP contribution in [-0.2, 0) is 17.0 Å². The van der Waals surface area contributed by atoms with E-state index in [0.717, 1.165) is 15.5 Å². The number of rotatable bonds is 7. The van der Waals surface area contributed by atoms with Gasteiger partial charge in [0.2, 0.25) is 11.8 Å². The van der Waals surface area contributed by atoms with Crippen molar-refractivity contribution in [3.05, 3.63) is 66.3 Å². The smallest absolute Gasteiger partial charge is 0.227 e. The summed E-state index contributed by atoms with van der Waals surface area (Å²) in [6, 6.07) is 17.4. The molecular formula is C19H16N4O2S2. The first-order valence-corrected chi connectivity index (χ1v) is 10.2. The molecule has 8 heteroatoms. The Bertz CT molecular complexity index is 1010. The molecule has 2 aromatic carbocycles. The zero-order valence-corrected chi connectivity index (χ0v) is 15.9. The molecule has 0 radical (unpaired) electrons. The molecule has 0 aliphatic heterocycles. The van der Waals surface area contributed by atoms with Crippen LogP contribution in [-0.4, -0.2) is 21.0 Å². The number of hydrogen-bond donors (Lipinski definition) is 1. The number of nitrogens with zero attached hydrogens (tertiary/aromatic N) is 3. The summed E-state index contributed by atoms with van der Waals surface area (Å²) in [5.74, 6) is 1.58. The molecule has 0 atom stereocenters. The summed E-state index contributed by atoms with van der Waals surface area (Å²) in [5, 5.41) is 6.82. The summed E-state index contributed by atoms with van der Waals surface area (Å²) in [6.07, 6.45) is 0.707. The zero-order chi connectivity index (χ0) is 18.5. The van der Waals surface area contributed by atoms with Gasteiger partial charge in [-0.1, -0.05) is 47.3 Å². The Kier molecular flexibility index (Phi) is 5.45. The van der Waals surface area contributed by atoms with E-state index in [9.17, 15) is 4.79 Å². The van der Waals surface area contributed by atoms with Crippen molar-refractivity contribution in [2.24, 2.45) is 0 Å². The van der Waals surface area contributed by atoms with Crippen LogP contribution < -0.4 is 5.32 Å². The normalized spacial score (nSPS) is 11.0. The van der Waals surface area contributed by atoms with Crippen LogP contribution >= 0.6 is 23.1 Å². The lowest BCUT2D eigenvalue weighted by atomic mass is 10.2. The third kappa shape index (κ3) is 4.72. The molecule has 1 N–H and O–H groups in total.